The number of thiazole rings is 1. The van der Waals surface area contributed by atoms with E-state index in [0.717, 1.165) is 17.1 Å². The zero-order chi connectivity index (χ0) is 16.1. The van der Waals surface area contributed by atoms with E-state index >= 15 is 0 Å². The van der Waals surface area contributed by atoms with Crippen LogP contribution in [0.2, 0.25) is 0 Å². The molecule has 0 aliphatic carbocycles. The lowest BCUT2D eigenvalue weighted by molar-refractivity contribution is -0.114. The molecule has 0 fully saturated rings. The summed E-state index contributed by atoms with van der Waals surface area (Å²) in [6, 6.07) is 6.87. The number of carbonyl (C=O) groups is 2. The highest BCUT2D eigenvalue weighted by molar-refractivity contribution is 7.11. The van der Waals surface area contributed by atoms with Crippen LogP contribution in [0.5, 0.6) is 0 Å². The first-order chi connectivity index (χ1) is 10.5. The van der Waals surface area contributed by atoms with Crippen molar-refractivity contribution >= 4 is 28.8 Å². The summed E-state index contributed by atoms with van der Waals surface area (Å²) >= 11 is 1.66. The second kappa shape index (κ2) is 7.17. The maximum atomic E-state index is 12.1. The van der Waals surface area contributed by atoms with Crippen molar-refractivity contribution in [3.8, 4) is 0 Å². The van der Waals surface area contributed by atoms with Crippen molar-refractivity contribution in [2.75, 3.05) is 11.9 Å². The molecular formula is C16H19N3O2S. The number of hydrogen-bond acceptors (Lipinski definition) is 4. The van der Waals surface area contributed by atoms with Gasteiger partial charge in [0.15, 0.2) is 0 Å². The van der Waals surface area contributed by atoms with Crippen molar-refractivity contribution in [1.82, 2.24) is 10.3 Å². The maximum absolute atomic E-state index is 12.1. The number of carbonyl (C=O) groups excluding carboxylic acids is 2. The Balaban J connectivity index is 1.90. The molecule has 22 heavy (non-hydrogen) atoms. The van der Waals surface area contributed by atoms with E-state index in [1.807, 2.05) is 13.8 Å². The van der Waals surface area contributed by atoms with Gasteiger partial charge in [-0.1, -0.05) is 6.07 Å². The zero-order valence-corrected chi connectivity index (χ0v) is 13.7. The van der Waals surface area contributed by atoms with Gasteiger partial charge in [0.1, 0.15) is 0 Å². The lowest BCUT2D eigenvalue weighted by Gasteiger charge is -2.06. The minimum atomic E-state index is -0.160. The van der Waals surface area contributed by atoms with Gasteiger partial charge in [-0.05, 0) is 32.0 Å². The largest absolute Gasteiger partial charge is 0.352 e. The molecule has 0 radical (unpaired) electrons. The van der Waals surface area contributed by atoms with Gasteiger partial charge in [0.05, 0.1) is 10.7 Å². The average molecular weight is 317 g/mol. The van der Waals surface area contributed by atoms with E-state index in [1.165, 1.54) is 11.8 Å². The molecule has 5 nitrogen and oxygen atoms in total. The van der Waals surface area contributed by atoms with Crippen LogP contribution < -0.4 is 10.6 Å². The summed E-state index contributed by atoms with van der Waals surface area (Å²) in [4.78, 5) is 28.8. The van der Waals surface area contributed by atoms with Crippen molar-refractivity contribution in [3.05, 3.63) is 45.4 Å². The van der Waals surface area contributed by atoms with E-state index in [4.69, 9.17) is 0 Å². The van der Waals surface area contributed by atoms with Crippen LogP contribution in [0.4, 0.5) is 5.69 Å². The predicted octanol–water partition coefficient (Wildman–Crippen LogP) is 2.69. The topological polar surface area (TPSA) is 71.1 Å². The summed E-state index contributed by atoms with van der Waals surface area (Å²) in [6.45, 7) is 6.00. The third kappa shape index (κ3) is 4.39. The number of amides is 2. The Morgan fingerprint density at radius 2 is 2.05 bits per heavy atom. The van der Waals surface area contributed by atoms with E-state index in [-0.39, 0.29) is 11.8 Å². The first-order valence-corrected chi connectivity index (χ1v) is 7.86. The van der Waals surface area contributed by atoms with Crippen LogP contribution in [0.3, 0.4) is 0 Å². The van der Waals surface area contributed by atoms with Gasteiger partial charge >= 0.3 is 0 Å². The van der Waals surface area contributed by atoms with E-state index in [1.54, 1.807) is 35.6 Å². The molecule has 1 aromatic heterocycles. The molecule has 0 saturated heterocycles. The molecule has 2 N–H and O–H groups in total. The predicted molar refractivity (Wildman–Crippen MR) is 88.4 cm³/mol. The van der Waals surface area contributed by atoms with Crippen molar-refractivity contribution in [3.63, 3.8) is 0 Å². The van der Waals surface area contributed by atoms with Crippen molar-refractivity contribution in [2.24, 2.45) is 0 Å². The molecule has 0 spiro atoms. The lowest BCUT2D eigenvalue weighted by atomic mass is 10.2. The minimum Gasteiger partial charge on any atom is -0.352 e. The molecule has 0 atom stereocenters. The number of rotatable bonds is 5. The first kappa shape index (κ1) is 16.2. The molecule has 1 aromatic carbocycles. The third-order valence-corrected chi connectivity index (χ3v) is 4.28. The van der Waals surface area contributed by atoms with Crippen molar-refractivity contribution in [2.45, 2.75) is 27.2 Å². The minimum absolute atomic E-state index is 0.155. The smallest absolute Gasteiger partial charge is 0.251 e. The number of nitrogens with zero attached hydrogens (tertiary/aromatic N) is 1. The third-order valence-electron chi connectivity index (χ3n) is 3.14. The fraction of sp³-hybridized carbons (Fsp3) is 0.312. The molecule has 1 heterocycles. The molecule has 2 amide bonds. The Labute approximate surface area is 133 Å². The van der Waals surface area contributed by atoms with E-state index in [2.05, 4.69) is 15.6 Å². The van der Waals surface area contributed by atoms with Gasteiger partial charge in [-0.2, -0.15) is 0 Å². The normalized spacial score (nSPS) is 10.3. The van der Waals surface area contributed by atoms with Crippen LogP contribution in [0.1, 0.15) is 32.9 Å². The quantitative estimate of drug-likeness (QED) is 0.890. The van der Waals surface area contributed by atoms with Crippen molar-refractivity contribution < 1.29 is 9.59 Å². The van der Waals surface area contributed by atoms with Crippen molar-refractivity contribution in [1.29, 1.82) is 0 Å². The monoisotopic (exact) mass is 317 g/mol. The van der Waals surface area contributed by atoms with Crippen LogP contribution in [0.15, 0.2) is 24.3 Å². The van der Waals surface area contributed by atoms with Crippen LogP contribution in [-0.2, 0) is 11.2 Å². The first-order valence-electron chi connectivity index (χ1n) is 7.04. The van der Waals surface area contributed by atoms with Gasteiger partial charge in [-0.15, -0.1) is 11.3 Å². The summed E-state index contributed by atoms with van der Waals surface area (Å²) < 4.78 is 0. The molecule has 0 unspecified atom stereocenters. The van der Waals surface area contributed by atoms with Crippen LogP contribution in [0, 0.1) is 13.8 Å². The highest BCUT2D eigenvalue weighted by Crippen LogP contribution is 2.16. The zero-order valence-electron chi connectivity index (χ0n) is 12.9. The van der Waals surface area contributed by atoms with E-state index in [9.17, 15) is 9.59 Å². The van der Waals surface area contributed by atoms with Gasteiger partial charge in [0, 0.05) is 36.0 Å². The fourth-order valence-electron chi connectivity index (χ4n) is 1.97. The summed E-state index contributed by atoms with van der Waals surface area (Å²) in [7, 11) is 0. The second-order valence-electron chi connectivity index (χ2n) is 5.02. The van der Waals surface area contributed by atoms with E-state index < -0.39 is 0 Å². The molecule has 0 aliphatic heterocycles. The highest BCUT2D eigenvalue weighted by Gasteiger charge is 2.08. The van der Waals surface area contributed by atoms with Crippen LogP contribution in [-0.4, -0.2) is 23.3 Å². The van der Waals surface area contributed by atoms with Gasteiger partial charge in [-0.3, -0.25) is 9.59 Å². The molecule has 2 aromatic rings. The number of aryl methyl sites for hydroxylation is 2. The summed E-state index contributed by atoms with van der Waals surface area (Å²) in [6.07, 6.45) is 0.719. The Hall–Kier alpha value is -2.21. The average Bonchev–Trinajstić information content (AvgIpc) is 2.77. The summed E-state index contributed by atoms with van der Waals surface area (Å²) in [5.74, 6) is -0.315. The molecule has 2 rings (SSSR count). The molecular weight excluding hydrogens is 298 g/mol. The Kier molecular flexibility index (Phi) is 5.27. The number of nitrogens with one attached hydrogen (secondary N) is 2. The number of hydrogen-bond donors (Lipinski definition) is 2. The van der Waals surface area contributed by atoms with Crippen LogP contribution >= 0.6 is 11.3 Å². The Morgan fingerprint density at radius 3 is 2.68 bits per heavy atom. The van der Waals surface area contributed by atoms with Gasteiger partial charge in [0.25, 0.3) is 5.91 Å². The fourth-order valence-corrected chi connectivity index (χ4v) is 2.91. The molecule has 0 saturated carbocycles. The van der Waals surface area contributed by atoms with Gasteiger partial charge < -0.3 is 10.6 Å². The van der Waals surface area contributed by atoms with Gasteiger partial charge in [0.2, 0.25) is 5.91 Å². The number of benzene rings is 1. The number of aromatic nitrogens is 1. The van der Waals surface area contributed by atoms with Gasteiger partial charge in [-0.25, -0.2) is 4.98 Å². The Bertz CT molecular complexity index is 675. The molecule has 0 bridgehead atoms. The lowest BCUT2D eigenvalue weighted by Crippen LogP contribution is -2.25. The second-order valence-corrected chi connectivity index (χ2v) is 6.30. The molecule has 6 heteroatoms. The highest BCUT2D eigenvalue weighted by atomic mass is 32.1. The number of anilines is 1. The molecule has 116 valence electrons. The standard InChI is InChI=1S/C16H19N3O2S/c1-10-11(2)22-15(18-10)7-8-17-16(21)13-5-4-6-14(9-13)19-12(3)20/h4-6,9H,7-8H2,1-3H3,(H,17,21)(H,19,20). The SMILES string of the molecule is CC(=O)Nc1cccc(C(=O)NCCc2nc(C)c(C)s2)c1. The Morgan fingerprint density at radius 1 is 1.27 bits per heavy atom. The van der Waals surface area contributed by atoms with Crippen LogP contribution in [0.25, 0.3) is 0 Å². The summed E-state index contributed by atoms with van der Waals surface area (Å²) in [5, 5.41) is 6.57. The van der Waals surface area contributed by atoms with E-state index in [0.29, 0.717) is 17.8 Å². The molecule has 0 aliphatic rings. The summed E-state index contributed by atoms with van der Waals surface area (Å²) in [5.41, 5.74) is 2.19. The maximum Gasteiger partial charge on any atom is 0.251 e.